The highest BCUT2D eigenvalue weighted by atomic mass is 32.2. The van der Waals surface area contributed by atoms with Gasteiger partial charge in [0.1, 0.15) is 12.1 Å². The summed E-state index contributed by atoms with van der Waals surface area (Å²) in [7, 11) is -3.55. The van der Waals surface area contributed by atoms with Crippen molar-refractivity contribution in [2.45, 2.75) is 135 Å². The van der Waals surface area contributed by atoms with E-state index in [4.69, 9.17) is 0 Å². The topological polar surface area (TPSA) is 171 Å². The molecule has 1 heterocycles. The molecule has 1 saturated heterocycles. The van der Waals surface area contributed by atoms with Crippen molar-refractivity contribution in [3.63, 3.8) is 0 Å². The van der Waals surface area contributed by atoms with Crippen molar-refractivity contribution in [2.24, 2.45) is 23.2 Å². The summed E-state index contributed by atoms with van der Waals surface area (Å²) in [4.78, 5) is 68.9. The van der Waals surface area contributed by atoms with Crippen molar-refractivity contribution >= 4 is 39.4 Å². The minimum absolute atomic E-state index is 0.0626. The number of Topliss-reactive ketones (excluding diaryl/α,β-unsaturated/α-hetero) is 1. The zero-order valence-electron chi connectivity index (χ0n) is 30.2. The molecule has 12 nitrogen and oxygen atoms in total. The zero-order valence-corrected chi connectivity index (χ0v) is 31.1. The van der Waals surface area contributed by atoms with Gasteiger partial charge in [0.2, 0.25) is 17.6 Å². The predicted octanol–water partition coefficient (Wildman–Crippen LogP) is 3.26. The average molecular weight is 694 g/mol. The van der Waals surface area contributed by atoms with E-state index in [9.17, 15) is 32.4 Å². The molecule has 4 N–H and O–H groups in total. The molecular weight excluding hydrogens is 634 g/mol. The van der Waals surface area contributed by atoms with Crippen LogP contribution in [0.4, 0.5) is 4.79 Å². The Bertz CT molecular complexity index is 1350. The van der Waals surface area contributed by atoms with Gasteiger partial charge in [-0.2, -0.15) is 0 Å². The molecule has 1 aliphatic heterocycles. The Morgan fingerprint density at radius 1 is 1.02 bits per heavy atom. The van der Waals surface area contributed by atoms with Crippen LogP contribution in [0.3, 0.4) is 0 Å². The molecule has 0 radical (unpaired) electrons. The van der Waals surface area contributed by atoms with Crippen LogP contribution < -0.4 is 21.3 Å². The summed E-state index contributed by atoms with van der Waals surface area (Å²) in [5, 5.41) is 11.1. The van der Waals surface area contributed by atoms with Crippen LogP contribution in [0, 0.1) is 23.2 Å². The van der Waals surface area contributed by atoms with E-state index >= 15 is 0 Å². The van der Waals surface area contributed by atoms with Gasteiger partial charge in [0.15, 0.2) is 9.84 Å². The van der Waals surface area contributed by atoms with Crippen LogP contribution in [-0.4, -0.2) is 90.1 Å². The molecule has 2 aliphatic carbocycles. The molecule has 48 heavy (non-hydrogen) atoms. The van der Waals surface area contributed by atoms with E-state index in [1.54, 1.807) is 34.6 Å². The standard InChI is InChI=1S/C35H59N5O7S/c1-10-12-16-24(28(41)30(43)36-19-11-2)37-29(42)27-25-23(34(25,8)9)20-40(27)31(44)26(22(3)4)38-32(45)39-35(17-14-13-15-18-35)21-48(46,47)33(5,6)7/h11,22-27H,2,10,12-21H2,1,3-9H3,(H,36,43)(H,37,42)(H2,38,39,45)/t23?,24?,25?,26-,27-/m0/s1. The first-order chi connectivity index (χ1) is 22.2. The minimum atomic E-state index is -3.55. The second kappa shape index (κ2) is 15.3. The summed E-state index contributed by atoms with van der Waals surface area (Å²) < 4.78 is 25.5. The third-order valence-corrected chi connectivity index (χ3v) is 13.5. The van der Waals surface area contributed by atoms with Crippen LogP contribution in [0.5, 0.6) is 0 Å². The number of ketones is 1. The molecule has 3 rings (SSSR count). The van der Waals surface area contributed by atoms with Gasteiger partial charge in [0.05, 0.1) is 22.1 Å². The van der Waals surface area contributed by atoms with Crippen molar-refractivity contribution < 1.29 is 32.4 Å². The Morgan fingerprint density at radius 3 is 2.19 bits per heavy atom. The number of unbranched alkanes of at least 4 members (excludes halogenated alkanes) is 1. The Labute approximate surface area is 287 Å². The molecule has 3 fully saturated rings. The van der Waals surface area contributed by atoms with Crippen LogP contribution in [0.15, 0.2) is 12.7 Å². The highest BCUT2D eigenvalue weighted by molar-refractivity contribution is 7.92. The van der Waals surface area contributed by atoms with Crippen LogP contribution in [0.25, 0.3) is 0 Å². The van der Waals surface area contributed by atoms with Gasteiger partial charge in [-0.05, 0) is 63.2 Å². The van der Waals surface area contributed by atoms with E-state index in [1.165, 1.54) is 11.0 Å². The molecule has 0 aromatic carbocycles. The number of rotatable bonds is 15. The number of carbonyl (C=O) groups excluding carboxylic acids is 5. The minimum Gasteiger partial charge on any atom is -0.346 e. The van der Waals surface area contributed by atoms with Crippen LogP contribution in [0.2, 0.25) is 0 Å². The van der Waals surface area contributed by atoms with Crippen LogP contribution in [0.1, 0.15) is 107 Å². The van der Waals surface area contributed by atoms with E-state index < -0.39 is 67.8 Å². The summed E-state index contributed by atoms with van der Waals surface area (Å²) in [5.41, 5.74) is -1.15. The number of amides is 5. The predicted molar refractivity (Wildman–Crippen MR) is 186 cm³/mol. The van der Waals surface area contributed by atoms with Crippen LogP contribution >= 0.6 is 0 Å². The number of carbonyl (C=O) groups is 5. The fourth-order valence-corrected chi connectivity index (χ4v) is 8.90. The molecule has 5 atom stereocenters. The summed E-state index contributed by atoms with van der Waals surface area (Å²) in [6.45, 7) is 18.6. The number of hydrogen-bond acceptors (Lipinski definition) is 7. The molecule has 272 valence electrons. The Kier molecular flexibility index (Phi) is 12.6. The van der Waals surface area contributed by atoms with Gasteiger partial charge < -0.3 is 26.2 Å². The highest BCUT2D eigenvalue weighted by Crippen LogP contribution is 2.65. The molecule has 13 heteroatoms. The maximum Gasteiger partial charge on any atom is 0.315 e. The summed E-state index contributed by atoms with van der Waals surface area (Å²) >= 11 is 0. The summed E-state index contributed by atoms with van der Waals surface area (Å²) in [6, 6.07) is -3.52. The van der Waals surface area contributed by atoms with Crippen molar-refractivity contribution in [2.75, 3.05) is 18.8 Å². The van der Waals surface area contributed by atoms with Gasteiger partial charge in [0, 0.05) is 13.1 Å². The largest absolute Gasteiger partial charge is 0.346 e. The molecule has 5 amide bonds. The fourth-order valence-electron chi connectivity index (χ4n) is 7.38. The van der Waals surface area contributed by atoms with Crippen molar-refractivity contribution in [3.8, 4) is 0 Å². The highest BCUT2D eigenvalue weighted by Gasteiger charge is 2.69. The lowest BCUT2D eigenvalue weighted by Gasteiger charge is -2.40. The van der Waals surface area contributed by atoms with E-state index in [1.807, 2.05) is 20.8 Å². The van der Waals surface area contributed by atoms with E-state index in [0.29, 0.717) is 25.8 Å². The third kappa shape index (κ3) is 8.79. The Morgan fingerprint density at radius 2 is 1.65 bits per heavy atom. The first-order valence-electron chi connectivity index (χ1n) is 17.6. The molecule has 2 saturated carbocycles. The van der Waals surface area contributed by atoms with E-state index in [2.05, 4.69) is 27.8 Å². The number of fused-ring (bicyclic) bond motifs is 1. The normalized spacial score (nSPS) is 24.1. The van der Waals surface area contributed by atoms with Crippen molar-refractivity contribution in [3.05, 3.63) is 12.7 Å². The maximum absolute atomic E-state index is 14.2. The Balaban J connectivity index is 1.82. The molecule has 3 aliphatic rings. The SMILES string of the molecule is C=CCNC(=O)C(=O)C(CCCC)NC(=O)[C@@H]1C2C(CN1C(=O)[C@@H](NC(=O)NC1(CS(=O)(=O)C(C)(C)C)CCCCC1)C(C)C)C2(C)C. The number of likely N-dealkylation sites (tertiary alicyclic amines) is 1. The van der Waals surface area contributed by atoms with Gasteiger partial charge in [0.25, 0.3) is 5.91 Å². The third-order valence-electron chi connectivity index (χ3n) is 10.7. The second-order valence-corrected chi connectivity index (χ2v) is 18.7. The fraction of sp³-hybridized carbons (Fsp3) is 0.800. The summed E-state index contributed by atoms with van der Waals surface area (Å²) in [6.07, 6.45) is 6.68. The maximum atomic E-state index is 14.2. The van der Waals surface area contributed by atoms with E-state index in [-0.39, 0.29) is 41.9 Å². The smallest absolute Gasteiger partial charge is 0.315 e. The lowest BCUT2D eigenvalue weighted by atomic mass is 9.83. The van der Waals surface area contributed by atoms with Crippen molar-refractivity contribution in [1.82, 2.24) is 26.2 Å². The lowest BCUT2D eigenvalue weighted by molar-refractivity contribution is -0.144. The molecule has 3 unspecified atom stereocenters. The number of nitrogens with zero attached hydrogens (tertiary/aromatic N) is 1. The number of piperidine rings is 1. The number of urea groups is 1. The molecular formula is C35H59N5O7S. The molecule has 0 aromatic rings. The molecule has 0 spiro atoms. The van der Waals surface area contributed by atoms with Gasteiger partial charge >= 0.3 is 6.03 Å². The average Bonchev–Trinajstić information content (AvgIpc) is 3.31. The zero-order chi connectivity index (χ0) is 36.2. The number of nitrogens with one attached hydrogen (secondary N) is 4. The quantitative estimate of drug-likeness (QED) is 0.151. The van der Waals surface area contributed by atoms with Gasteiger partial charge in [-0.3, -0.25) is 19.2 Å². The monoisotopic (exact) mass is 693 g/mol. The van der Waals surface area contributed by atoms with Crippen molar-refractivity contribution in [1.29, 1.82) is 0 Å². The first kappa shape index (κ1) is 39.5. The number of hydrogen-bond donors (Lipinski definition) is 4. The number of sulfone groups is 1. The first-order valence-corrected chi connectivity index (χ1v) is 19.2. The van der Waals surface area contributed by atoms with Gasteiger partial charge in [-0.25, -0.2) is 13.2 Å². The molecule has 0 aromatic heterocycles. The van der Waals surface area contributed by atoms with E-state index in [0.717, 1.165) is 25.7 Å². The van der Waals surface area contributed by atoms with Crippen LogP contribution in [-0.2, 0) is 29.0 Å². The summed E-state index contributed by atoms with van der Waals surface area (Å²) in [5.74, 6) is -3.07. The second-order valence-electron chi connectivity index (χ2n) is 16.0. The van der Waals surface area contributed by atoms with Gasteiger partial charge in [-0.15, -0.1) is 6.58 Å². The Hall–Kier alpha value is -2.96. The lowest BCUT2D eigenvalue weighted by Crippen LogP contribution is -2.63. The van der Waals surface area contributed by atoms with Gasteiger partial charge in [-0.1, -0.05) is 72.8 Å². The molecule has 0 bridgehead atoms.